The van der Waals surface area contributed by atoms with Gasteiger partial charge in [0.05, 0.1) is 0 Å². The molecule has 0 atom stereocenters. The van der Waals surface area contributed by atoms with Crippen molar-refractivity contribution in [3.63, 3.8) is 0 Å². The molecule has 0 bridgehead atoms. The van der Waals surface area contributed by atoms with Crippen molar-refractivity contribution in [2.75, 3.05) is 0 Å². The molecule has 1 aromatic carbocycles. The average molecular weight is 144 g/mol. The minimum absolute atomic E-state index is 0. The molecule has 1 aromatic rings. The summed E-state index contributed by atoms with van der Waals surface area (Å²) >= 11 is 0. The Bertz CT molecular complexity index is 79.2. The molecule has 0 aliphatic heterocycles. The molecule has 2 heteroatoms. The molecular formula is C8H16O2. The first kappa shape index (κ1) is 16.1. The molecule has 0 saturated carbocycles. The molecule has 0 unspecified atom stereocenters. The van der Waals surface area contributed by atoms with Crippen LogP contribution in [0.4, 0.5) is 0 Å². The van der Waals surface area contributed by atoms with Crippen molar-refractivity contribution in [2.45, 2.75) is 13.8 Å². The summed E-state index contributed by atoms with van der Waals surface area (Å²) in [4.78, 5) is 0. The monoisotopic (exact) mass is 144 g/mol. The van der Waals surface area contributed by atoms with E-state index in [4.69, 9.17) is 0 Å². The van der Waals surface area contributed by atoms with Gasteiger partial charge in [0.25, 0.3) is 0 Å². The fourth-order valence-corrected chi connectivity index (χ4v) is 0.385. The lowest BCUT2D eigenvalue weighted by Gasteiger charge is -1.69. The highest BCUT2D eigenvalue weighted by molar-refractivity contribution is 4.99. The van der Waals surface area contributed by atoms with Crippen LogP contribution in [0.2, 0.25) is 0 Å². The van der Waals surface area contributed by atoms with E-state index in [1.807, 2.05) is 50.2 Å². The van der Waals surface area contributed by atoms with Crippen LogP contribution in [0.15, 0.2) is 36.4 Å². The Hall–Kier alpha value is -0.860. The van der Waals surface area contributed by atoms with Gasteiger partial charge in [-0.3, -0.25) is 0 Å². The Morgan fingerprint density at radius 1 is 0.500 bits per heavy atom. The van der Waals surface area contributed by atoms with Gasteiger partial charge in [0.2, 0.25) is 0 Å². The van der Waals surface area contributed by atoms with Crippen LogP contribution < -0.4 is 0 Å². The third-order valence-corrected chi connectivity index (χ3v) is 0.667. The van der Waals surface area contributed by atoms with Crippen LogP contribution >= 0.6 is 0 Å². The van der Waals surface area contributed by atoms with Gasteiger partial charge in [-0.1, -0.05) is 50.2 Å². The highest BCUT2D eigenvalue weighted by atomic mass is 16.0. The summed E-state index contributed by atoms with van der Waals surface area (Å²) in [6, 6.07) is 12.0. The van der Waals surface area contributed by atoms with Gasteiger partial charge in [-0.25, -0.2) is 0 Å². The lowest BCUT2D eigenvalue weighted by molar-refractivity contribution is 0.823. The zero-order valence-electron chi connectivity index (χ0n) is 6.46. The minimum Gasteiger partial charge on any atom is -0.412 e. The van der Waals surface area contributed by atoms with Crippen LogP contribution in [0.5, 0.6) is 0 Å². The van der Waals surface area contributed by atoms with Crippen LogP contribution in [0.3, 0.4) is 0 Å². The lowest BCUT2D eigenvalue weighted by Crippen LogP contribution is -1.47. The van der Waals surface area contributed by atoms with Crippen molar-refractivity contribution in [1.82, 2.24) is 0 Å². The maximum absolute atomic E-state index is 2.00. The molecule has 0 fully saturated rings. The quantitative estimate of drug-likeness (QED) is 0.522. The van der Waals surface area contributed by atoms with Crippen molar-refractivity contribution in [1.29, 1.82) is 0 Å². The van der Waals surface area contributed by atoms with Gasteiger partial charge in [0, 0.05) is 0 Å². The van der Waals surface area contributed by atoms with Crippen LogP contribution in [0.25, 0.3) is 0 Å². The highest BCUT2D eigenvalue weighted by Gasteiger charge is 1.57. The second kappa shape index (κ2) is 15.7. The lowest BCUT2D eigenvalue weighted by atomic mass is 10.4. The van der Waals surface area contributed by atoms with Gasteiger partial charge in [-0.15, -0.1) is 0 Å². The van der Waals surface area contributed by atoms with Crippen molar-refractivity contribution in [3.8, 4) is 0 Å². The van der Waals surface area contributed by atoms with E-state index in [1.165, 1.54) is 0 Å². The molecule has 0 radical (unpaired) electrons. The first-order chi connectivity index (χ1) is 4.00. The average Bonchev–Trinajstić information content (AvgIpc) is 1.96. The van der Waals surface area contributed by atoms with Crippen LogP contribution in [0, 0.1) is 0 Å². The second-order valence-corrected chi connectivity index (χ2v) is 1.15. The van der Waals surface area contributed by atoms with E-state index >= 15 is 0 Å². The zero-order chi connectivity index (χ0) is 6.24. The molecule has 0 aliphatic rings. The molecule has 4 N–H and O–H groups in total. The number of rotatable bonds is 0. The van der Waals surface area contributed by atoms with E-state index in [9.17, 15) is 0 Å². The molecule has 0 spiro atoms. The smallest absolute Gasteiger partial charge is 0.0623 e. The van der Waals surface area contributed by atoms with E-state index in [-0.39, 0.29) is 11.0 Å². The molecule has 1 rings (SSSR count). The SMILES string of the molecule is CC.O.O.c1ccccc1. The maximum atomic E-state index is 2.00. The molecule has 0 amide bonds. The summed E-state index contributed by atoms with van der Waals surface area (Å²) in [6.07, 6.45) is 0. The Balaban J connectivity index is -0.000000114. The third-order valence-electron chi connectivity index (χ3n) is 0.667. The van der Waals surface area contributed by atoms with Crippen molar-refractivity contribution >= 4 is 0 Å². The molecule has 10 heavy (non-hydrogen) atoms. The molecule has 60 valence electrons. The van der Waals surface area contributed by atoms with Gasteiger partial charge >= 0.3 is 0 Å². The van der Waals surface area contributed by atoms with Gasteiger partial charge in [0.15, 0.2) is 0 Å². The van der Waals surface area contributed by atoms with Gasteiger partial charge < -0.3 is 11.0 Å². The van der Waals surface area contributed by atoms with Crippen molar-refractivity contribution in [3.05, 3.63) is 36.4 Å². The first-order valence-electron chi connectivity index (χ1n) is 3.00. The summed E-state index contributed by atoms with van der Waals surface area (Å²) in [7, 11) is 0. The normalized spacial score (nSPS) is 5.40. The molecule has 0 aliphatic carbocycles. The Morgan fingerprint density at radius 2 is 0.600 bits per heavy atom. The maximum Gasteiger partial charge on any atom is -0.0623 e. The number of hydrogen-bond donors (Lipinski definition) is 0. The van der Waals surface area contributed by atoms with Crippen molar-refractivity contribution in [2.24, 2.45) is 0 Å². The predicted molar refractivity (Wildman–Crippen MR) is 45.0 cm³/mol. The summed E-state index contributed by atoms with van der Waals surface area (Å²) in [5, 5.41) is 0. The van der Waals surface area contributed by atoms with E-state index in [0.29, 0.717) is 0 Å². The van der Waals surface area contributed by atoms with Crippen LogP contribution in [0.1, 0.15) is 13.8 Å². The van der Waals surface area contributed by atoms with E-state index < -0.39 is 0 Å². The van der Waals surface area contributed by atoms with Crippen LogP contribution in [-0.4, -0.2) is 11.0 Å². The number of benzene rings is 1. The fourth-order valence-electron chi connectivity index (χ4n) is 0.385. The third kappa shape index (κ3) is 10.2. The second-order valence-electron chi connectivity index (χ2n) is 1.15. The Morgan fingerprint density at radius 3 is 0.700 bits per heavy atom. The van der Waals surface area contributed by atoms with E-state index in [1.54, 1.807) is 0 Å². The molecule has 0 saturated heterocycles. The van der Waals surface area contributed by atoms with Gasteiger partial charge in [-0.2, -0.15) is 0 Å². The summed E-state index contributed by atoms with van der Waals surface area (Å²) in [5.41, 5.74) is 0. The summed E-state index contributed by atoms with van der Waals surface area (Å²) in [6.45, 7) is 4.00. The molecular weight excluding hydrogens is 128 g/mol. The van der Waals surface area contributed by atoms with Crippen molar-refractivity contribution < 1.29 is 11.0 Å². The largest absolute Gasteiger partial charge is 0.412 e. The van der Waals surface area contributed by atoms with E-state index in [0.717, 1.165) is 0 Å². The van der Waals surface area contributed by atoms with Gasteiger partial charge in [0.1, 0.15) is 0 Å². The predicted octanol–water partition coefficient (Wildman–Crippen LogP) is 1.06. The molecule has 2 nitrogen and oxygen atoms in total. The topological polar surface area (TPSA) is 63.0 Å². The highest BCUT2D eigenvalue weighted by Crippen LogP contribution is 1.79. The summed E-state index contributed by atoms with van der Waals surface area (Å²) < 4.78 is 0. The fraction of sp³-hybridized carbons (Fsp3) is 0.250. The Labute approximate surface area is 62.1 Å². The molecule has 0 heterocycles. The van der Waals surface area contributed by atoms with E-state index in [2.05, 4.69) is 0 Å². The summed E-state index contributed by atoms with van der Waals surface area (Å²) in [5.74, 6) is 0. The minimum atomic E-state index is 0. The first-order valence-corrected chi connectivity index (χ1v) is 3.00. The van der Waals surface area contributed by atoms with Gasteiger partial charge in [-0.05, 0) is 0 Å². The standard InChI is InChI=1S/C6H6.C2H6.2H2O/c1-2-4-6-5-3-1;1-2;;/h1-6H;1-2H3;2*1H2. The number of hydrogen-bond acceptors (Lipinski definition) is 0. The van der Waals surface area contributed by atoms with Crippen LogP contribution in [-0.2, 0) is 0 Å². The molecule has 0 aromatic heterocycles. The zero-order valence-corrected chi connectivity index (χ0v) is 6.46. The Kier molecular flexibility index (Phi) is 25.2.